The highest BCUT2D eigenvalue weighted by molar-refractivity contribution is 5.81. The van der Waals surface area contributed by atoms with Crippen LogP contribution in [0, 0.1) is 11.8 Å². The van der Waals surface area contributed by atoms with Crippen LogP contribution in [0.5, 0.6) is 5.75 Å². The number of amides is 1. The molecule has 5 heteroatoms. The molecule has 2 bridgehead atoms. The predicted octanol–water partition coefficient (Wildman–Crippen LogP) is 3.56. The third kappa shape index (κ3) is 2.55. The number of ether oxygens (including phenoxy) is 1. The Bertz CT molecular complexity index is 844. The fraction of sp³-hybridized carbons (Fsp3) is 0.652. The molecule has 2 aliphatic heterocycles. The van der Waals surface area contributed by atoms with Crippen molar-refractivity contribution >= 4 is 11.9 Å². The number of esters is 1. The largest absolute Gasteiger partial charge is 0.426 e. The van der Waals surface area contributed by atoms with E-state index in [1.54, 1.807) is 0 Å². The van der Waals surface area contributed by atoms with Crippen molar-refractivity contribution < 1.29 is 14.3 Å². The van der Waals surface area contributed by atoms with Gasteiger partial charge < -0.3 is 4.74 Å². The van der Waals surface area contributed by atoms with E-state index in [4.69, 9.17) is 4.74 Å². The van der Waals surface area contributed by atoms with Gasteiger partial charge in [-0.1, -0.05) is 18.9 Å². The number of benzene rings is 1. The lowest BCUT2D eigenvalue weighted by atomic mass is 9.60. The Morgan fingerprint density at radius 2 is 1.82 bits per heavy atom. The Morgan fingerprint density at radius 3 is 2.61 bits per heavy atom. The molecular weight excluding hydrogens is 352 g/mol. The molecule has 5 nitrogen and oxygen atoms in total. The smallest absolute Gasteiger partial charge is 0.314 e. The van der Waals surface area contributed by atoms with Crippen molar-refractivity contribution in [3.63, 3.8) is 0 Å². The van der Waals surface area contributed by atoms with E-state index in [0.29, 0.717) is 17.7 Å². The molecule has 0 radical (unpaired) electrons. The molecule has 28 heavy (non-hydrogen) atoms. The second-order valence-corrected chi connectivity index (χ2v) is 9.52. The van der Waals surface area contributed by atoms with Crippen LogP contribution in [0.25, 0.3) is 0 Å². The Labute approximate surface area is 166 Å². The summed E-state index contributed by atoms with van der Waals surface area (Å²) in [5.74, 6) is 1.36. The van der Waals surface area contributed by atoms with Gasteiger partial charge in [-0.3, -0.25) is 14.6 Å². The molecule has 0 aromatic heterocycles. The zero-order chi connectivity index (χ0) is 18.9. The molecule has 0 N–H and O–H groups in total. The van der Waals surface area contributed by atoms with E-state index in [9.17, 15) is 9.59 Å². The molecule has 3 aliphatic carbocycles. The number of hydrogen-bond acceptors (Lipinski definition) is 4. The van der Waals surface area contributed by atoms with Crippen molar-refractivity contribution in [2.45, 2.75) is 75.8 Å². The monoisotopic (exact) mass is 380 g/mol. The van der Waals surface area contributed by atoms with Gasteiger partial charge >= 0.3 is 5.97 Å². The van der Waals surface area contributed by atoms with Gasteiger partial charge in [0, 0.05) is 30.5 Å². The lowest BCUT2D eigenvalue weighted by molar-refractivity contribution is -0.180. The van der Waals surface area contributed by atoms with Crippen molar-refractivity contribution in [2.24, 2.45) is 11.8 Å². The first-order valence-corrected chi connectivity index (χ1v) is 11.1. The van der Waals surface area contributed by atoms with E-state index >= 15 is 0 Å². The summed E-state index contributed by atoms with van der Waals surface area (Å²) in [4.78, 5) is 25.1. The van der Waals surface area contributed by atoms with Crippen LogP contribution in [0.3, 0.4) is 0 Å². The molecule has 4 fully saturated rings. The average Bonchev–Trinajstić information content (AvgIpc) is 3.60. The van der Waals surface area contributed by atoms with E-state index in [1.807, 2.05) is 6.07 Å². The number of hydrogen-bond donors (Lipinski definition) is 0. The fourth-order valence-corrected chi connectivity index (χ4v) is 5.88. The molecule has 1 aromatic carbocycles. The van der Waals surface area contributed by atoms with E-state index in [2.05, 4.69) is 22.2 Å². The van der Waals surface area contributed by atoms with Crippen molar-refractivity contribution in [2.75, 3.05) is 6.54 Å². The minimum Gasteiger partial charge on any atom is -0.426 e. The molecule has 148 valence electrons. The summed E-state index contributed by atoms with van der Waals surface area (Å²) in [6.07, 6.45) is 9.89. The van der Waals surface area contributed by atoms with Gasteiger partial charge in [-0.15, -0.1) is 0 Å². The quantitative estimate of drug-likeness (QED) is 0.594. The summed E-state index contributed by atoms with van der Waals surface area (Å²) in [6.45, 7) is 1.63. The van der Waals surface area contributed by atoms with Gasteiger partial charge in [0.25, 0.3) is 0 Å². The number of nitrogens with zero attached hydrogens (tertiary/aromatic N) is 2. The lowest BCUT2D eigenvalue weighted by Gasteiger charge is -2.60. The summed E-state index contributed by atoms with van der Waals surface area (Å²) >= 11 is 0. The number of carbonyl (C=O) groups excluding carboxylic acids is 2. The molecule has 1 amide bonds. The summed E-state index contributed by atoms with van der Waals surface area (Å²) < 4.78 is 5.70. The minimum atomic E-state index is -0.0695. The maximum atomic E-state index is 12.9. The molecule has 1 saturated heterocycles. The zero-order valence-electron chi connectivity index (χ0n) is 16.4. The third-order valence-corrected chi connectivity index (χ3v) is 7.69. The molecule has 3 atom stereocenters. The SMILES string of the molecule is O=C(Oc1ccc2c(c1)[C@@]13CCCC[C@H]1N(C2)N(C(=O)C1CC1)CC3)C1CC1. The highest BCUT2D eigenvalue weighted by atomic mass is 16.5. The van der Waals surface area contributed by atoms with Gasteiger partial charge in [-0.05, 0) is 68.2 Å². The van der Waals surface area contributed by atoms with Gasteiger partial charge in [-0.2, -0.15) is 0 Å². The van der Waals surface area contributed by atoms with Gasteiger partial charge in [0.1, 0.15) is 5.75 Å². The third-order valence-electron chi connectivity index (χ3n) is 7.69. The Balaban J connectivity index is 1.37. The first-order chi connectivity index (χ1) is 13.7. The molecule has 6 rings (SSSR count). The standard InChI is InChI=1S/C23H28N2O3/c26-21(15-4-5-15)24-12-11-23-10-2-1-3-20(23)25(24)14-17-8-9-18(13-19(17)23)28-22(27)16-6-7-16/h8-9,13,15-16,20H,1-7,10-12,14H2/t20-,23+/m1/s1. The van der Waals surface area contributed by atoms with Crippen LogP contribution in [0.15, 0.2) is 18.2 Å². The lowest BCUT2D eigenvalue weighted by Crippen LogP contribution is -2.67. The molecule has 1 unspecified atom stereocenters. The Morgan fingerprint density at radius 1 is 1.00 bits per heavy atom. The highest BCUT2D eigenvalue weighted by Gasteiger charge is 2.55. The van der Waals surface area contributed by atoms with Crippen molar-refractivity contribution in [3.8, 4) is 5.75 Å². The van der Waals surface area contributed by atoms with Crippen LogP contribution in [0.2, 0.25) is 0 Å². The number of fused-ring (bicyclic) bond motifs is 1. The summed E-state index contributed by atoms with van der Waals surface area (Å²) in [7, 11) is 0. The average molecular weight is 380 g/mol. The zero-order valence-corrected chi connectivity index (χ0v) is 16.4. The fourth-order valence-electron chi connectivity index (χ4n) is 5.88. The molecule has 0 spiro atoms. The normalized spacial score (nSPS) is 33.6. The summed E-state index contributed by atoms with van der Waals surface area (Å²) in [6, 6.07) is 6.64. The van der Waals surface area contributed by atoms with Gasteiger partial charge in [0.15, 0.2) is 0 Å². The topological polar surface area (TPSA) is 49.9 Å². The maximum Gasteiger partial charge on any atom is 0.314 e. The molecule has 3 saturated carbocycles. The Kier molecular flexibility index (Phi) is 3.68. The van der Waals surface area contributed by atoms with Crippen molar-refractivity contribution in [3.05, 3.63) is 29.3 Å². The van der Waals surface area contributed by atoms with Crippen LogP contribution >= 0.6 is 0 Å². The van der Waals surface area contributed by atoms with Crippen LogP contribution in [0.4, 0.5) is 0 Å². The summed E-state index contributed by atoms with van der Waals surface area (Å²) in [5.41, 5.74) is 2.79. The van der Waals surface area contributed by atoms with Crippen LogP contribution in [-0.2, 0) is 21.5 Å². The molecule has 2 heterocycles. The molecule has 5 aliphatic rings. The van der Waals surface area contributed by atoms with E-state index in [0.717, 1.165) is 51.6 Å². The molecular formula is C23H28N2O3. The van der Waals surface area contributed by atoms with Gasteiger partial charge in [-0.25, -0.2) is 5.01 Å². The maximum absolute atomic E-state index is 12.9. The van der Waals surface area contributed by atoms with E-state index in [1.165, 1.54) is 30.4 Å². The number of carbonyl (C=O) groups is 2. The number of rotatable bonds is 3. The minimum absolute atomic E-state index is 0.0695. The van der Waals surface area contributed by atoms with Gasteiger partial charge in [0.05, 0.1) is 5.92 Å². The van der Waals surface area contributed by atoms with Crippen LogP contribution < -0.4 is 4.74 Å². The van der Waals surface area contributed by atoms with E-state index < -0.39 is 0 Å². The second kappa shape index (κ2) is 6.06. The van der Waals surface area contributed by atoms with Crippen LogP contribution in [-0.4, -0.2) is 34.5 Å². The Hall–Kier alpha value is -1.88. The van der Waals surface area contributed by atoms with Crippen LogP contribution in [0.1, 0.15) is 68.9 Å². The molecule has 1 aromatic rings. The summed E-state index contributed by atoms with van der Waals surface area (Å²) in [5, 5.41) is 4.50. The second-order valence-electron chi connectivity index (χ2n) is 9.52. The predicted molar refractivity (Wildman–Crippen MR) is 103 cm³/mol. The first kappa shape index (κ1) is 17.0. The van der Waals surface area contributed by atoms with Crippen molar-refractivity contribution in [1.82, 2.24) is 10.0 Å². The highest BCUT2D eigenvalue weighted by Crippen LogP contribution is 2.53. The van der Waals surface area contributed by atoms with Gasteiger partial charge in [0.2, 0.25) is 5.91 Å². The van der Waals surface area contributed by atoms with E-state index in [-0.39, 0.29) is 23.2 Å². The van der Waals surface area contributed by atoms with Crippen molar-refractivity contribution in [1.29, 1.82) is 0 Å². The first-order valence-electron chi connectivity index (χ1n) is 11.1. The number of hydrazine groups is 1.